The van der Waals surface area contributed by atoms with Crippen LogP contribution in [0.1, 0.15) is 38.1 Å². The number of hydrogen-bond donors (Lipinski definition) is 0. The minimum Gasteiger partial charge on any atom is -0.493 e. The molecule has 1 aromatic rings. The van der Waals surface area contributed by atoms with Gasteiger partial charge in [-0.3, -0.25) is 0 Å². The Hall–Kier alpha value is -1.71. The Kier molecular flexibility index (Phi) is 6.36. The lowest BCUT2D eigenvalue weighted by atomic mass is 10.2. The average molecular weight is 280 g/mol. The van der Waals surface area contributed by atoms with Gasteiger partial charge in [0.25, 0.3) is 0 Å². The van der Waals surface area contributed by atoms with E-state index in [1.54, 1.807) is 18.2 Å². The Balaban J connectivity index is 2.91. The highest BCUT2D eigenvalue weighted by molar-refractivity contribution is 5.90. The molecule has 112 valence electrons. The molecule has 0 unspecified atom stereocenters. The Labute approximate surface area is 121 Å². The summed E-state index contributed by atoms with van der Waals surface area (Å²) in [6, 6.07) is 5.16. The molecule has 0 amide bonds. The van der Waals surface area contributed by atoms with Crippen LogP contribution < -0.4 is 9.47 Å². The van der Waals surface area contributed by atoms with Crippen molar-refractivity contribution in [3.63, 3.8) is 0 Å². The molecule has 0 aliphatic heterocycles. The zero-order chi connectivity index (χ0) is 15.1. The van der Waals surface area contributed by atoms with Crippen molar-refractivity contribution in [2.24, 2.45) is 11.8 Å². The summed E-state index contributed by atoms with van der Waals surface area (Å²) in [5.41, 5.74) is 0.438. The largest absolute Gasteiger partial charge is 0.493 e. The predicted octanol–water partition coefficient (Wildman–Crippen LogP) is 3.54. The Morgan fingerprint density at radius 2 is 1.40 bits per heavy atom. The quantitative estimate of drug-likeness (QED) is 0.717. The molecule has 1 rings (SSSR count). The second-order valence-electron chi connectivity index (χ2n) is 5.59. The zero-order valence-electron chi connectivity index (χ0n) is 12.9. The standard InChI is InChI=1S/C16H24O4/c1-11(2)9-19-14-6-13(16(17)18-5)7-15(8-14)20-10-12(3)4/h6-8,11-12H,9-10H2,1-5H3. The van der Waals surface area contributed by atoms with E-state index in [0.717, 1.165) is 0 Å². The van der Waals surface area contributed by atoms with Crippen LogP contribution in [0.3, 0.4) is 0 Å². The van der Waals surface area contributed by atoms with Crippen LogP contribution in [-0.4, -0.2) is 26.3 Å². The Morgan fingerprint density at radius 1 is 0.950 bits per heavy atom. The van der Waals surface area contributed by atoms with Gasteiger partial charge in [0, 0.05) is 6.07 Å². The highest BCUT2D eigenvalue weighted by atomic mass is 16.5. The van der Waals surface area contributed by atoms with Crippen LogP contribution in [0.2, 0.25) is 0 Å². The van der Waals surface area contributed by atoms with Gasteiger partial charge in [0.05, 0.1) is 25.9 Å². The van der Waals surface area contributed by atoms with Gasteiger partial charge in [-0.05, 0) is 24.0 Å². The SMILES string of the molecule is COC(=O)c1cc(OCC(C)C)cc(OCC(C)C)c1. The van der Waals surface area contributed by atoms with Crippen LogP contribution in [0.5, 0.6) is 11.5 Å². The molecular weight excluding hydrogens is 256 g/mol. The van der Waals surface area contributed by atoms with Crippen LogP contribution in [-0.2, 0) is 4.74 Å². The number of rotatable bonds is 7. The molecule has 20 heavy (non-hydrogen) atoms. The van der Waals surface area contributed by atoms with Gasteiger partial charge in [0.2, 0.25) is 0 Å². The summed E-state index contributed by atoms with van der Waals surface area (Å²) in [5, 5.41) is 0. The third-order valence-electron chi connectivity index (χ3n) is 2.47. The lowest BCUT2D eigenvalue weighted by molar-refractivity contribution is 0.0599. The van der Waals surface area contributed by atoms with Crippen molar-refractivity contribution in [1.29, 1.82) is 0 Å². The molecule has 0 aliphatic carbocycles. The molecule has 0 saturated heterocycles. The van der Waals surface area contributed by atoms with Crippen LogP contribution in [0, 0.1) is 11.8 Å². The maximum atomic E-state index is 11.7. The van der Waals surface area contributed by atoms with Crippen molar-refractivity contribution >= 4 is 5.97 Å². The number of hydrogen-bond acceptors (Lipinski definition) is 4. The summed E-state index contributed by atoms with van der Waals surface area (Å²) >= 11 is 0. The fraction of sp³-hybridized carbons (Fsp3) is 0.562. The van der Waals surface area contributed by atoms with Crippen LogP contribution in [0.25, 0.3) is 0 Å². The Morgan fingerprint density at radius 3 is 1.75 bits per heavy atom. The normalized spacial score (nSPS) is 10.8. The molecule has 0 N–H and O–H groups in total. The van der Waals surface area contributed by atoms with Crippen molar-refractivity contribution in [2.45, 2.75) is 27.7 Å². The van der Waals surface area contributed by atoms with E-state index in [9.17, 15) is 4.79 Å². The number of benzene rings is 1. The van der Waals surface area contributed by atoms with E-state index in [0.29, 0.717) is 42.1 Å². The molecule has 0 aromatic heterocycles. The molecule has 0 heterocycles. The van der Waals surface area contributed by atoms with E-state index in [1.807, 2.05) is 0 Å². The molecule has 0 aliphatic rings. The summed E-state index contributed by atoms with van der Waals surface area (Å²) in [4.78, 5) is 11.7. The van der Waals surface area contributed by atoms with Crippen molar-refractivity contribution < 1.29 is 19.0 Å². The summed E-state index contributed by atoms with van der Waals surface area (Å²) < 4.78 is 16.1. The second-order valence-corrected chi connectivity index (χ2v) is 5.59. The first-order valence-electron chi connectivity index (χ1n) is 6.91. The monoisotopic (exact) mass is 280 g/mol. The van der Waals surface area contributed by atoms with E-state index >= 15 is 0 Å². The molecule has 4 nitrogen and oxygen atoms in total. The van der Waals surface area contributed by atoms with Crippen molar-refractivity contribution in [3.05, 3.63) is 23.8 Å². The van der Waals surface area contributed by atoms with Gasteiger partial charge in [-0.25, -0.2) is 4.79 Å². The minimum atomic E-state index is -0.394. The number of ether oxygens (including phenoxy) is 3. The molecule has 0 fully saturated rings. The first-order chi connectivity index (χ1) is 9.42. The van der Waals surface area contributed by atoms with Crippen molar-refractivity contribution in [2.75, 3.05) is 20.3 Å². The van der Waals surface area contributed by atoms with Crippen LogP contribution in [0.15, 0.2) is 18.2 Å². The highest BCUT2D eigenvalue weighted by Crippen LogP contribution is 2.24. The third kappa shape index (κ3) is 5.51. The van der Waals surface area contributed by atoms with E-state index < -0.39 is 5.97 Å². The average Bonchev–Trinajstić information content (AvgIpc) is 2.41. The fourth-order valence-corrected chi connectivity index (χ4v) is 1.50. The number of carbonyl (C=O) groups is 1. The third-order valence-corrected chi connectivity index (χ3v) is 2.47. The summed E-state index contributed by atoms with van der Waals surface area (Å²) in [7, 11) is 1.36. The van der Waals surface area contributed by atoms with Gasteiger partial charge in [0.15, 0.2) is 0 Å². The van der Waals surface area contributed by atoms with E-state index in [1.165, 1.54) is 7.11 Å². The summed E-state index contributed by atoms with van der Waals surface area (Å²) in [6.45, 7) is 9.46. The van der Waals surface area contributed by atoms with Gasteiger partial charge < -0.3 is 14.2 Å². The maximum absolute atomic E-state index is 11.7. The predicted molar refractivity (Wildman–Crippen MR) is 78.4 cm³/mol. The molecule has 0 spiro atoms. The van der Waals surface area contributed by atoms with Gasteiger partial charge in [0.1, 0.15) is 11.5 Å². The topological polar surface area (TPSA) is 44.8 Å². The molecular formula is C16H24O4. The summed E-state index contributed by atoms with van der Waals surface area (Å²) in [5.74, 6) is 1.68. The number of methoxy groups -OCH3 is 1. The first kappa shape index (κ1) is 16.3. The first-order valence-corrected chi connectivity index (χ1v) is 6.91. The van der Waals surface area contributed by atoms with Crippen LogP contribution in [0.4, 0.5) is 0 Å². The highest BCUT2D eigenvalue weighted by Gasteiger charge is 2.11. The smallest absolute Gasteiger partial charge is 0.338 e. The van der Waals surface area contributed by atoms with Gasteiger partial charge in [-0.1, -0.05) is 27.7 Å². The fourth-order valence-electron chi connectivity index (χ4n) is 1.50. The number of esters is 1. The minimum absolute atomic E-state index is 0.394. The van der Waals surface area contributed by atoms with Gasteiger partial charge >= 0.3 is 5.97 Å². The molecule has 1 aromatic carbocycles. The van der Waals surface area contributed by atoms with E-state index in [-0.39, 0.29) is 0 Å². The molecule has 0 saturated carbocycles. The molecule has 0 bridgehead atoms. The van der Waals surface area contributed by atoms with Gasteiger partial charge in [-0.2, -0.15) is 0 Å². The zero-order valence-corrected chi connectivity index (χ0v) is 12.9. The van der Waals surface area contributed by atoms with E-state index in [4.69, 9.17) is 14.2 Å². The lowest BCUT2D eigenvalue weighted by Gasteiger charge is -2.13. The lowest BCUT2D eigenvalue weighted by Crippen LogP contribution is -2.09. The van der Waals surface area contributed by atoms with Gasteiger partial charge in [-0.15, -0.1) is 0 Å². The summed E-state index contributed by atoms with van der Waals surface area (Å²) in [6.07, 6.45) is 0. The molecule has 4 heteroatoms. The maximum Gasteiger partial charge on any atom is 0.338 e. The molecule has 0 atom stereocenters. The van der Waals surface area contributed by atoms with Crippen molar-refractivity contribution in [3.8, 4) is 11.5 Å². The van der Waals surface area contributed by atoms with Crippen molar-refractivity contribution in [1.82, 2.24) is 0 Å². The number of carbonyl (C=O) groups excluding carboxylic acids is 1. The molecule has 0 radical (unpaired) electrons. The van der Waals surface area contributed by atoms with Crippen LogP contribution >= 0.6 is 0 Å². The Bertz CT molecular complexity index is 408. The van der Waals surface area contributed by atoms with E-state index in [2.05, 4.69) is 27.7 Å². The second kappa shape index (κ2) is 7.78.